The lowest BCUT2D eigenvalue weighted by molar-refractivity contribution is -0.167. The van der Waals surface area contributed by atoms with Gasteiger partial charge in [-0.15, -0.1) is 0 Å². The van der Waals surface area contributed by atoms with Crippen LogP contribution in [0.1, 0.15) is 92.7 Å². The first kappa shape index (κ1) is 51.5. The quantitative estimate of drug-likeness (QED) is 0.183. The van der Waals surface area contributed by atoms with Crippen molar-refractivity contribution in [2.24, 2.45) is 23.7 Å². The third-order valence-electron chi connectivity index (χ3n) is 11.5. The number of carbonyl (C=O) groups is 8. The summed E-state index contributed by atoms with van der Waals surface area (Å²) in [5.74, 6) is -7.15. The van der Waals surface area contributed by atoms with Crippen molar-refractivity contribution in [3.63, 3.8) is 0 Å². The summed E-state index contributed by atoms with van der Waals surface area (Å²) < 4.78 is 5.97. The van der Waals surface area contributed by atoms with Gasteiger partial charge in [0.15, 0.2) is 6.10 Å². The first-order valence-electron chi connectivity index (χ1n) is 22.1. The molecular formula is C47H69N7O9. The van der Waals surface area contributed by atoms with E-state index in [-0.39, 0.29) is 25.2 Å². The Bertz CT molecular complexity index is 1880. The lowest BCUT2D eigenvalue weighted by Crippen LogP contribution is -2.60. The van der Waals surface area contributed by atoms with Crippen LogP contribution in [-0.2, 0) is 55.9 Å². The number of carbonyl (C=O) groups excluding carboxylic acids is 8. The number of ether oxygens (including phenoxy) is 1. The van der Waals surface area contributed by atoms with Crippen LogP contribution >= 0.6 is 0 Å². The molecule has 0 spiro atoms. The maximum absolute atomic E-state index is 14.4. The molecule has 16 heteroatoms. The fraction of sp³-hybridized carbons (Fsp3) is 0.574. The third kappa shape index (κ3) is 15.5. The first-order valence-corrected chi connectivity index (χ1v) is 22.1. The number of benzene rings is 2. The monoisotopic (exact) mass is 876 g/mol. The Kier molecular flexibility index (Phi) is 20.2. The highest BCUT2D eigenvalue weighted by Crippen LogP contribution is 2.20. The van der Waals surface area contributed by atoms with Gasteiger partial charge in [0.05, 0.1) is 6.54 Å². The summed E-state index contributed by atoms with van der Waals surface area (Å²) in [5, 5.41) is 16.2. The van der Waals surface area contributed by atoms with Gasteiger partial charge in [0.1, 0.15) is 36.3 Å². The zero-order valence-corrected chi connectivity index (χ0v) is 38.5. The van der Waals surface area contributed by atoms with Gasteiger partial charge in [0.25, 0.3) is 5.91 Å². The second-order valence-corrected chi connectivity index (χ2v) is 17.4. The van der Waals surface area contributed by atoms with Gasteiger partial charge in [-0.25, -0.2) is 4.79 Å². The summed E-state index contributed by atoms with van der Waals surface area (Å²) in [4.78, 5) is 113. The lowest BCUT2D eigenvalue weighted by atomic mass is 9.96. The molecule has 3 rings (SSSR count). The number of nitrogens with zero attached hydrogens (tertiary/aromatic N) is 1. The van der Waals surface area contributed by atoms with Crippen molar-refractivity contribution in [2.75, 3.05) is 13.6 Å². The minimum atomic E-state index is -1.37. The molecule has 63 heavy (non-hydrogen) atoms. The first-order chi connectivity index (χ1) is 29.8. The Morgan fingerprint density at radius 1 is 0.619 bits per heavy atom. The second-order valence-electron chi connectivity index (χ2n) is 17.4. The predicted octanol–water partition coefficient (Wildman–Crippen LogP) is 2.58. The standard InChI is InChI=1S/C47H69N7O9/c1-11-29(7)38-45(60)48-26-37(55)49-31(9)41(56)50-34(24-32-19-15-13-16-20-32)43(58)53-39(30(8)12-2)47(62)63-40(28(5)6)46(61)54(10)36(23-27(3)4)44(59)51-35(42(57)52-38)25-33-21-17-14-18-22-33/h13-22,27-31,34-36,38-40H,11-12,23-26H2,1-10H3,(H,48,60)(H,49,55)(H,50,56)(H,51,59)(H,52,57)(H,53,58). The largest absolute Gasteiger partial charge is 0.450 e. The van der Waals surface area contributed by atoms with Gasteiger partial charge < -0.3 is 41.5 Å². The number of esters is 1. The molecule has 9 atom stereocenters. The number of hydrogen-bond donors (Lipinski definition) is 6. The molecule has 6 N–H and O–H groups in total. The molecule has 0 bridgehead atoms. The van der Waals surface area contributed by atoms with Gasteiger partial charge in [-0.2, -0.15) is 0 Å². The fourth-order valence-corrected chi connectivity index (χ4v) is 7.11. The number of amides is 7. The lowest BCUT2D eigenvalue weighted by Gasteiger charge is -2.34. The minimum absolute atomic E-state index is 0.0313. The number of nitrogens with one attached hydrogen (secondary N) is 6. The molecule has 7 amide bonds. The Balaban J connectivity index is 2.13. The van der Waals surface area contributed by atoms with Crippen LogP contribution in [0.5, 0.6) is 0 Å². The van der Waals surface area contributed by atoms with Gasteiger partial charge in [-0.3, -0.25) is 33.6 Å². The molecule has 0 aromatic heterocycles. The fourth-order valence-electron chi connectivity index (χ4n) is 7.11. The number of cyclic esters (lactones) is 1. The Labute approximate surface area is 372 Å². The van der Waals surface area contributed by atoms with E-state index in [0.29, 0.717) is 18.4 Å². The molecule has 1 aliphatic rings. The Morgan fingerprint density at radius 3 is 1.57 bits per heavy atom. The number of likely N-dealkylation sites (N-methyl/N-ethyl adjacent to an activating group) is 1. The van der Waals surface area contributed by atoms with Crippen LogP contribution in [0.25, 0.3) is 0 Å². The molecule has 1 aliphatic heterocycles. The zero-order valence-electron chi connectivity index (χ0n) is 38.5. The van der Waals surface area contributed by atoms with E-state index < -0.39 is 114 Å². The summed E-state index contributed by atoms with van der Waals surface area (Å²) >= 11 is 0. The van der Waals surface area contributed by atoms with Crippen molar-refractivity contribution in [3.05, 3.63) is 71.8 Å². The highest BCUT2D eigenvalue weighted by atomic mass is 16.6. The van der Waals surface area contributed by atoms with E-state index in [4.69, 9.17) is 4.74 Å². The van der Waals surface area contributed by atoms with E-state index in [0.717, 1.165) is 5.56 Å². The highest BCUT2D eigenvalue weighted by Gasteiger charge is 2.40. The summed E-state index contributed by atoms with van der Waals surface area (Å²) in [5.41, 5.74) is 1.42. The van der Waals surface area contributed by atoms with Crippen LogP contribution in [0.15, 0.2) is 60.7 Å². The highest BCUT2D eigenvalue weighted by molar-refractivity contribution is 5.97. The van der Waals surface area contributed by atoms with Gasteiger partial charge in [-0.05, 0) is 48.1 Å². The van der Waals surface area contributed by atoms with E-state index in [1.165, 1.54) is 18.9 Å². The molecule has 2 aromatic carbocycles. The average Bonchev–Trinajstić information content (AvgIpc) is 3.25. The smallest absolute Gasteiger partial charge is 0.329 e. The van der Waals surface area contributed by atoms with Crippen molar-refractivity contribution in [3.8, 4) is 0 Å². The van der Waals surface area contributed by atoms with E-state index in [1.54, 1.807) is 82.3 Å². The van der Waals surface area contributed by atoms with Crippen molar-refractivity contribution >= 4 is 47.3 Å². The molecule has 0 radical (unpaired) electrons. The van der Waals surface area contributed by atoms with Crippen LogP contribution in [0.4, 0.5) is 0 Å². The molecule has 1 fully saturated rings. The van der Waals surface area contributed by atoms with E-state index in [9.17, 15) is 38.4 Å². The molecular weight excluding hydrogens is 807 g/mol. The normalized spacial score (nSPS) is 25.4. The van der Waals surface area contributed by atoms with E-state index >= 15 is 0 Å². The molecule has 1 heterocycles. The summed E-state index contributed by atoms with van der Waals surface area (Å²) in [6, 6.07) is 10.9. The van der Waals surface area contributed by atoms with Crippen molar-refractivity contribution < 1.29 is 43.1 Å². The summed E-state index contributed by atoms with van der Waals surface area (Å²) in [6.07, 6.45) is -0.209. The zero-order chi connectivity index (χ0) is 47.0. The van der Waals surface area contributed by atoms with Crippen molar-refractivity contribution in [1.82, 2.24) is 36.8 Å². The topological polar surface area (TPSA) is 221 Å². The molecule has 0 saturated carbocycles. The summed E-state index contributed by atoms with van der Waals surface area (Å²) in [6.45, 7) is 15.2. The average molecular weight is 876 g/mol. The summed E-state index contributed by atoms with van der Waals surface area (Å²) in [7, 11) is 1.44. The van der Waals surface area contributed by atoms with Gasteiger partial charge in [-0.1, -0.05) is 129 Å². The minimum Gasteiger partial charge on any atom is -0.450 e. The number of hydrogen-bond acceptors (Lipinski definition) is 9. The van der Waals surface area contributed by atoms with Crippen LogP contribution in [0.3, 0.4) is 0 Å². The van der Waals surface area contributed by atoms with Gasteiger partial charge >= 0.3 is 5.97 Å². The van der Waals surface area contributed by atoms with Crippen LogP contribution < -0.4 is 31.9 Å². The van der Waals surface area contributed by atoms with Gasteiger partial charge in [0.2, 0.25) is 35.4 Å². The third-order valence-corrected chi connectivity index (χ3v) is 11.5. The molecule has 0 aliphatic carbocycles. The maximum Gasteiger partial charge on any atom is 0.329 e. The number of rotatable bonds is 11. The molecule has 2 aromatic rings. The molecule has 16 nitrogen and oxygen atoms in total. The Hall–Kier alpha value is -5.80. The molecule has 1 saturated heterocycles. The maximum atomic E-state index is 14.4. The van der Waals surface area contributed by atoms with Crippen LogP contribution in [-0.4, -0.2) is 108 Å². The SMILES string of the molecule is CCC(C)C1NC(=O)C(Cc2ccccc2)NC(=O)C(CC(C)C)N(C)C(=O)C(C(C)C)OC(=O)C(C(C)CC)NC(=O)C(Cc2ccccc2)NC(=O)C(C)NC(=O)CNC1=O. The van der Waals surface area contributed by atoms with Gasteiger partial charge in [0, 0.05) is 19.9 Å². The van der Waals surface area contributed by atoms with E-state index in [1.807, 2.05) is 33.8 Å². The second kappa shape index (κ2) is 24.7. The van der Waals surface area contributed by atoms with Crippen LogP contribution in [0.2, 0.25) is 0 Å². The van der Waals surface area contributed by atoms with E-state index in [2.05, 4.69) is 31.9 Å². The Morgan fingerprint density at radius 2 is 1.10 bits per heavy atom. The molecule has 9 unspecified atom stereocenters. The van der Waals surface area contributed by atoms with Crippen molar-refractivity contribution in [2.45, 2.75) is 137 Å². The van der Waals surface area contributed by atoms with Crippen LogP contribution in [0, 0.1) is 23.7 Å². The molecule has 346 valence electrons. The predicted molar refractivity (Wildman–Crippen MR) is 238 cm³/mol. The van der Waals surface area contributed by atoms with Crippen molar-refractivity contribution in [1.29, 1.82) is 0 Å².